The summed E-state index contributed by atoms with van der Waals surface area (Å²) in [6.45, 7) is 2.15. The van der Waals surface area contributed by atoms with Crippen molar-refractivity contribution in [2.75, 3.05) is 0 Å². The summed E-state index contributed by atoms with van der Waals surface area (Å²) in [6, 6.07) is 3.88. The lowest BCUT2D eigenvalue weighted by atomic mass is 10.0. The van der Waals surface area contributed by atoms with E-state index in [0.717, 1.165) is 25.3 Å². The zero-order valence-electron chi connectivity index (χ0n) is 11.7. The van der Waals surface area contributed by atoms with Gasteiger partial charge in [0.15, 0.2) is 0 Å². The lowest BCUT2D eigenvalue weighted by Gasteiger charge is -2.03. The van der Waals surface area contributed by atoms with Crippen molar-refractivity contribution in [2.45, 2.75) is 51.9 Å². The molecule has 0 bridgehead atoms. The van der Waals surface area contributed by atoms with Crippen molar-refractivity contribution in [3.05, 3.63) is 44.0 Å². The van der Waals surface area contributed by atoms with Crippen molar-refractivity contribution in [1.82, 2.24) is 0 Å². The fourth-order valence-electron chi connectivity index (χ4n) is 2.14. The molecule has 20 heavy (non-hydrogen) atoms. The summed E-state index contributed by atoms with van der Waals surface area (Å²) < 4.78 is 0. The molecule has 1 aromatic carbocycles. The zero-order valence-corrected chi connectivity index (χ0v) is 11.7. The van der Waals surface area contributed by atoms with E-state index in [4.69, 9.17) is 0 Å². The standard InChI is InChI=1S/C14H20N2O4/c1-2-3-4-5-6-7-8-12-9-10-13(15(17)18)11-14(12)16(19)20/h9-11H,2-8H2,1H3. The van der Waals surface area contributed by atoms with Crippen LogP contribution in [0.15, 0.2) is 18.2 Å². The highest BCUT2D eigenvalue weighted by Crippen LogP contribution is 2.26. The van der Waals surface area contributed by atoms with Crippen LogP contribution in [-0.2, 0) is 6.42 Å². The van der Waals surface area contributed by atoms with Crippen LogP contribution in [-0.4, -0.2) is 9.85 Å². The predicted molar refractivity (Wildman–Crippen MR) is 76.8 cm³/mol. The van der Waals surface area contributed by atoms with Gasteiger partial charge in [0.2, 0.25) is 0 Å². The van der Waals surface area contributed by atoms with Gasteiger partial charge in [-0.25, -0.2) is 0 Å². The van der Waals surface area contributed by atoms with Crippen LogP contribution in [0.3, 0.4) is 0 Å². The SMILES string of the molecule is CCCCCCCCc1ccc([N+](=O)[O-])cc1[N+](=O)[O-]. The molecule has 0 N–H and O–H groups in total. The Balaban J connectivity index is 2.60. The Morgan fingerprint density at radius 2 is 1.60 bits per heavy atom. The number of unbranched alkanes of at least 4 members (excludes halogenated alkanes) is 5. The van der Waals surface area contributed by atoms with E-state index in [1.807, 2.05) is 0 Å². The third-order valence-electron chi connectivity index (χ3n) is 3.28. The second-order valence-electron chi connectivity index (χ2n) is 4.85. The zero-order chi connectivity index (χ0) is 15.0. The molecule has 0 fully saturated rings. The number of nitro groups is 2. The van der Waals surface area contributed by atoms with Gasteiger partial charge in [-0.2, -0.15) is 0 Å². The lowest BCUT2D eigenvalue weighted by molar-refractivity contribution is -0.394. The van der Waals surface area contributed by atoms with Crippen molar-refractivity contribution in [3.63, 3.8) is 0 Å². The van der Waals surface area contributed by atoms with Gasteiger partial charge >= 0.3 is 0 Å². The number of hydrogen-bond acceptors (Lipinski definition) is 4. The molecule has 0 saturated carbocycles. The fourth-order valence-corrected chi connectivity index (χ4v) is 2.14. The normalized spacial score (nSPS) is 10.4. The minimum atomic E-state index is -0.610. The minimum absolute atomic E-state index is 0.146. The molecule has 110 valence electrons. The van der Waals surface area contributed by atoms with Crippen LogP contribution in [0.5, 0.6) is 0 Å². The predicted octanol–water partition coefficient (Wildman–Crippen LogP) is 4.41. The maximum absolute atomic E-state index is 11.0. The van der Waals surface area contributed by atoms with E-state index < -0.39 is 9.85 Å². The van der Waals surface area contributed by atoms with Crippen LogP contribution < -0.4 is 0 Å². The number of aryl methyl sites for hydroxylation is 1. The van der Waals surface area contributed by atoms with Crippen molar-refractivity contribution in [2.24, 2.45) is 0 Å². The number of non-ortho nitro benzene ring substituents is 1. The average Bonchev–Trinajstić information content (AvgIpc) is 2.42. The Kier molecular flexibility index (Phi) is 6.63. The Morgan fingerprint density at radius 1 is 0.950 bits per heavy atom. The molecule has 0 atom stereocenters. The number of hydrogen-bond donors (Lipinski definition) is 0. The summed E-state index contributed by atoms with van der Waals surface area (Å²) in [6.07, 6.45) is 7.25. The first-order valence-electron chi connectivity index (χ1n) is 6.98. The van der Waals surface area contributed by atoms with Gasteiger partial charge in [-0.3, -0.25) is 20.2 Å². The van der Waals surface area contributed by atoms with E-state index >= 15 is 0 Å². The number of nitro benzene ring substituents is 2. The quantitative estimate of drug-likeness (QED) is 0.381. The van der Waals surface area contributed by atoms with Crippen LogP contribution in [0.1, 0.15) is 51.0 Å². The third-order valence-corrected chi connectivity index (χ3v) is 3.28. The molecule has 0 radical (unpaired) electrons. The summed E-state index contributed by atoms with van der Waals surface area (Å²) in [5.74, 6) is 0. The van der Waals surface area contributed by atoms with Gasteiger partial charge in [0.25, 0.3) is 11.4 Å². The molecule has 6 nitrogen and oxygen atoms in total. The maximum atomic E-state index is 11.0. The maximum Gasteiger partial charge on any atom is 0.279 e. The molecule has 0 heterocycles. The van der Waals surface area contributed by atoms with Gasteiger partial charge in [0, 0.05) is 11.6 Å². The van der Waals surface area contributed by atoms with Crippen LogP contribution in [0.2, 0.25) is 0 Å². The third kappa shape index (κ3) is 4.95. The highest BCUT2D eigenvalue weighted by atomic mass is 16.6. The van der Waals surface area contributed by atoms with E-state index in [2.05, 4.69) is 6.92 Å². The molecule has 0 aliphatic heterocycles. The van der Waals surface area contributed by atoms with Crippen molar-refractivity contribution >= 4 is 11.4 Å². The molecule has 0 aliphatic carbocycles. The topological polar surface area (TPSA) is 86.3 Å². The summed E-state index contributed by atoms with van der Waals surface area (Å²) in [5, 5.41) is 21.6. The fraction of sp³-hybridized carbons (Fsp3) is 0.571. The monoisotopic (exact) mass is 280 g/mol. The van der Waals surface area contributed by atoms with E-state index in [-0.39, 0.29) is 11.4 Å². The van der Waals surface area contributed by atoms with Gasteiger partial charge < -0.3 is 0 Å². The molecule has 0 aliphatic rings. The first-order chi connectivity index (χ1) is 9.56. The Labute approximate surface area is 118 Å². The second kappa shape index (κ2) is 8.24. The summed E-state index contributed by atoms with van der Waals surface area (Å²) in [5.41, 5.74) is 0.201. The molecule has 0 spiro atoms. The second-order valence-corrected chi connectivity index (χ2v) is 4.85. The first-order valence-corrected chi connectivity index (χ1v) is 6.98. The summed E-state index contributed by atoms with van der Waals surface area (Å²) in [7, 11) is 0. The summed E-state index contributed by atoms with van der Waals surface area (Å²) >= 11 is 0. The van der Waals surface area contributed by atoms with Gasteiger partial charge in [-0.1, -0.05) is 39.0 Å². The Morgan fingerprint density at radius 3 is 2.20 bits per heavy atom. The van der Waals surface area contributed by atoms with Gasteiger partial charge in [0.1, 0.15) is 0 Å². The average molecular weight is 280 g/mol. The van der Waals surface area contributed by atoms with Crippen LogP contribution >= 0.6 is 0 Å². The van der Waals surface area contributed by atoms with Gasteiger partial charge in [-0.15, -0.1) is 0 Å². The molecule has 0 unspecified atom stereocenters. The van der Waals surface area contributed by atoms with Crippen LogP contribution in [0, 0.1) is 20.2 Å². The molecule has 0 saturated heterocycles. The number of benzene rings is 1. The molecule has 0 aromatic heterocycles. The Bertz CT molecular complexity index is 474. The smallest absolute Gasteiger partial charge is 0.258 e. The van der Waals surface area contributed by atoms with Crippen molar-refractivity contribution in [3.8, 4) is 0 Å². The van der Waals surface area contributed by atoms with Gasteiger partial charge in [0.05, 0.1) is 15.9 Å². The molecule has 6 heteroatoms. The minimum Gasteiger partial charge on any atom is -0.258 e. The highest BCUT2D eigenvalue weighted by Gasteiger charge is 2.18. The first kappa shape index (κ1) is 16.1. The largest absolute Gasteiger partial charge is 0.279 e. The summed E-state index contributed by atoms with van der Waals surface area (Å²) in [4.78, 5) is 20.4. The van der Waals surface area contributed by atoms with E-state index in [1.54, 1.807) is 0 Å². The number of nitrogens with zero attached hydrogens (tertiary/aromatic N) is 2. The number of rotatable bonds is 9. The molecular weight excluding hydrogens is 260 g/mol. The highest BCUT2D eigenvalue weighted by molar-refractivity contribution is 5.49. The molecular formula is C14H20N2O4. The van der Waals surface area contributed by atoms with Crippen molar-refractivity contribution < 1.29 is 9.85 Å². The lowest BCUT2D eigenvalue weighted by Crippen LogP contribution is -1.98. The van der Waals surface area contributed by atoms with E-state index in [0.29, 0.717) is 12.0 Å². The molecule has 0 amide bonds. The Hall–Kier alpha value is -1.98. The molecule has 1 aromatic rings. The van der Waals surface area contributed by atoms with Crippen LogP contribution in [0.25, 0.3) is 0 Å². The van der Waals surface area contributed by atoms with Gasteiger partial charge in [-0.05, 0) is 18.9 Å². The van der Waals surface area contributed by atoms with E-state index in [1.165, 1.54) is 31.4 Å². The molecule has 1 rings (SSSR count). The van der Waals surface area contributed by atoms with Crippen molar-refractivity contribution in [1.29, 1.82) is 0 Å². The van der Waals surface area contributed by atoms with E-state index in [9.17, 15) is 20.2 Å². The van der Waals surface area contributed by atoms with Crippen LogP contribution in [0.4, 0.5) is 11.4 Å².